The third kappa shape index (κ3) is 5.00. The van der Waals surface area contributed by atoms with Crippen LogP contribution in [0.4, 0.5) is 0 Å². The van der Waals surface area contributed by atoms with Crippen LogP contribution in [0.25, 0.3) is 5.76 Å². The number of aliphatic hydroxyl groups is 1. The molecule has 1 fully saturated rings. The first-order valence-electron chi connectivity index (χ1n) is 12.4. The number of carbonyl (C=O) groups excluding carboxylic acids is 2. The Morgan fingerprint density at radius 2 is 1.86 bits per heavy atom. The van der Waals surface area contributed by atoms with E-state index in [0.717, 1.165) is 18.4 Å². The number of rotatable bonds is 8. The van der Waals surface area contributed by atoms with Crippen molar-refractivity contribution in [2.75, 3.05) is 19.8 Å². The van der Waals surface area contributed by atoms with Crippen LogP contribution in [-0.4, -0.2) is 46.5 Å². The van der Waals surface area contributed by atoms with Gasteiger partial charge in [-0.25, -0.2) is 0 Å². The molecule has 1 N–H and O–H groups in total. The molecule has 1 unspecified atom stereocenters. The van der Waals surface area contributed by atoms with Gasteiger partial charge in [0.1, 0.15) is 24.7 Å². The number of ketones is 1. The number of likely N-dealkylation sites (tertiary alicyclic amines) is 1. The molecule has 0 bridgehead atoms. The summed E-state index contributed by atoms with van der Waals surface area (Å²) in [5.41, 5.74) is 1.84. The van der Waals surface area contributed by atoms with E-state index in [1.54, 1.807) is 36.7 Å². The van der Waals surface area contributed by atoms with Crippen molar-refractivity contribution in [3.63, 3.8) is 0 Å². The van der Waals surface area contributed by atoms with E-state index in [0.29, 0.717) is 48.2 Å². The van der Waals surface area contributed by atoms with Crippen LogP contribution in [0.15, 0.2) is 72.6 Å². The van der Waals surface area contributed by atoms with E-state index in [1.165, 1.54) is 4.90 Å². The number of hydrogen-bond acceptors (Lipinski definition) is 7. The predicted octanol–water partition coefficient (Wildman–Crippen LogP) is 4.65. The van der Waals surface area contributed by atoms with Gasteiger partial charge in [-0.3, -0.25) is 14.6 Å². The lowest BCUT2D eigenvalue weighted by atomic mass is 9.95. The first-order valence-corrected chi connectivity index (χ1v) is 12.4. The van der Waals surface area contributed by atoms with Gasteiger partial charge in [0.2, 0.25) is 0 Å². The van der Waals surface area contributed by atoms with Crippen LogP contribution in [-0.2, 0) is 16.1 Å². The van der Waals surface area contributed by atoms with Crippen LogP contribution >= 0.6 is 0 Å². The second-order valence-corrected chi connectivity index (χ2v) is 8.92. The first-order chi connectivity index (χ1) is 18.1. The highest BCUT2D eigenvalue weighted by Gasteiger charge is 2.46. The number of pyridine rings is 1. The number of hydrogen-bond donors (Lipinski definition) is 1. The van der Waals surface area contributed by atoms with E-state index in [-0.39, 0.29) is 17.9 Å². The van der Waals surface area contributed by atoms with Gasteiger partial charge in [0.05, 0.1) is 18.2 Å². The lowest BCUT2D eigenvalue weighted by Crippen LogP contribution is -2.29. The number of aromatic nitrogens is 1. The van der Waals surface area contributed by atoms with E-state index < -0.39 is 17.7 Å². The molecule has 0 saturated carbocycles. The predicted molar refractivity (Wildman–Crippen MR) is 136 cm³/mol. The summed E-state index contributed by atoms with van der Waals surface area (Å²) in [6.45, 7) is 3.70. The van der Waals surface area contributed by atoms with E-state index in [4.69, 9.17) is 14.2 Å². The molecule has 2 aliphatic heterocycles. The normalized spacial score (nSPS) is 18.2. The van der Waals surface area contributed by atoms with E-state index >= 15 is 0 Å². The maximum absolute atomic E-state index is 13.3. The fourth-order valence-corrected chi connectivity index (χ4v) is 4.50. The van der Waals surface area contributed by atoms with Crippen LogP contribution in [0.2, 0.25) is 0 Å². The van der Waals surface area contributed by atoms with Gasteiger partial charge < -0.3 is 24.2 Å². The summed E-state index contributed by atoms with van der Waals surface area (Å²) < 4.78 is 17.0. The monoisotopic (exact) mass is 500 g/mol. The van der Waals surface area contributed by atoms with Gasteiger partial charge in [0.15, 0.2) is 11.5 Å². The Hall–Kier alpha value is -4.33. The molecule has 1 saturated heterocycles. The molecule has 0 aliphatic carbocycles. The molecule has 1 amide bonds. The third-order valence-corrected chi connectivity index (χ3v) is 6.39. The molecule has 1 aromatic heterocycles. The summed E-state index contributed by atoms with van der Waals surface area (Å²) in [6.07, 6.45) is 5.28. The highest BCUT2D eigenvalue weighted by atomic mass is 16.6. The van der Waals surface area contributed by atoms with Gasteiger partial charge in [-0.1, -0.05) is 31.5 Å². The Morgan fingerprint density at radius 3 is 2.59 bits per heavy atom. The zero-order valence-corrected chi connectivity index (χ0v) is 20.6. The molecule has 190 valence electrons. The highest BCUT2D eigenvalue weighted by Crippen LogP contribution is 2.42. The summed E-state index contributed by atoms with van der Waals surface area (Å²) in [5.74, 6) is 0.0476. The summed E-state index contributed by atoms with van der Waals surface area (Å²) >= 11 is 0. The maximum atomic E-state index is 13.3. The van der Waals surface area contributed by atoms with E-state index in [2.05, 4.69) is 11.9 Å². The van der Waals surface area contributed by atoms with Crippen LogP contribution in [0, 0.1) is 0 Å². The molecular formula is C29H28N2O6. The zero-order chi connectivity index (χ0) is 25.8. The molecule has 2 aliphatic rings. The summed E-state index contributed by atoms with van der Waals surface area (Å²) in [6, 6.07) is 15.1. The average molecular weight is 501 g/mol. The van der Waals surface area contributed by atoms with E-state index in [9.17, 15) is 14.7 Å². The number of nitrogens with zero attached hydrogens (tertiary/aromatic N) is 2. The standard InChI is InChI=1S/C29H28N2O6/c1-2-3-13-35-22-9-6-20(7-10-22)26-25(27(32)21-8-11-23-24(16-21)37-15-14-36-23)28(33)29(34)31(26)18-19-5-4-12-30-17-19/h4-12,16-17,26,32H,2-3,13-15,18H2,1H3/b27-25-. The van der Waals surface area contributed by atoms with Crippen LogP contribution in [0.1, 0.15) is 42.5 Å². The van der Waals surface area contributed by atoms with Crippen molar-refractivity contribution in [3.8, 4) is 17.2 Å². The van der Waals surface area contributed by atoms with Crippen LogP contribution in [0.3, 0.4) is 0 Å². The van der Waals surface area contributed by atoms with Gasteiger partial charge in [-0.2, -0.15) is 0 Å². The molecule has 1 atom stereocenters. The largest absolute Gasteiger partial charge is 0.507 e. The Bertz CT molecular complexity index is 1320. The SMILES string of the molecule is CCCCOc1ccc(C2/C(=C(/O)c3ccc4c(c3)OCCO4)C(=O)C(=O)N2Cc2cccnc2)cc1. The fraction of sp³-hybridized carbons (Fsp3) is 0.276. The molecule has 2 aromatic carbocycles. The molecule has 0 spiro atoms. The van der Waals surface area contributed by atoms with Crippen molar-refractivity contribution in [1.29, 1.82) is 0 Å². The van der Waals surface area contributed by atoms with Crippen LogP contribution < -0.4 is 14.2 Å². The number of carbonyl (C=O) groups is 2. The molecule has 3 aromatic rings. The van der Waals surface area contributed by atoms with Gasteiger partial charge in [-0.05, 0) is 53.9 Å². The molecule has 0 radical (unpaired) electrons. The number of benzene rings is 2. The van der Waals surface area contributed by atoms with Crippen molar-refractivity contribution in [2.45, 2.75) is 32.4 Å². The van der Waals surface area contributed by atoms with Gasteiger partial charge in [0, 0.05) is 24.5 Å². The Balaban J connectivity index is 1.56. The van der Waals surface area contributed by atoms with Crippen molar-refractivity contribution in [1.82, 2.24) is 9.88 Å². The second-order valence-electron chi connectivity index (χ2n) is 8.92. The van der Waals surface area contributed by atoms with Crippen molar-refractivity contribution in [3.05, 3.63) is 89.3 Å². The van der Waals surface area contributed by atoms with Gasteiger partial charge in [0.25, 0.3) is 11.7 Å². The minimum Gasteiger partial charge on any atom is -0.507 e. The number of fused-ring (bicyclic) bond motifs is 1. The molecule has 37 heavy (non-hydrogen) atoms. The number of ether oxygens (including phenoxy) is 3. The van der Waals surface area contributed by atoms with Crippen molar-refractivity contribution in [2.24, 2.45) is 0 Å². The Labute approximate surface area is 215 Å². The molecule has 5 rings (SSSR count). The van der Waals surface area contributed by atoms with Crippen molar-refractivity contribution >= 4 is 17.4 Å². The number of Topliss-reactive ketones (excluding diaryl/α,β-unsaturated/α-hetero) is 1. The molecule has 3 heterocycles. The number of amides is 1. The van der Waals surface area contributed by atoms with Crippen molar-refractivity contribution < 1.29 is 28.9 Å². The Kier molecular flexibility index (Phi) is 7.07. The summed E-state index contributed by atoms with van der Waals surface area (Å²) in [7, 11) is 0. The highest BCUT2D eigenvalue weighted by molar-refractivity contribution is 6.46. The topological polar surface area (TPSA) is 98.2 Å². The molecular weight excluding hydrogens is 472 g/mol. The van der Waals surface area contributed by atoms with Gasteiger partial charge >= 0.3 is 0 Å². The maximum Gasteiger partial charge on any atom is 0.295 e. The zero-order valence-electron chi connectivity index (χ0n) is 20.6. The second kappa shape index (κ2) is 10.7. The summed E-state index contributed by atoms with van der Waals surface area (Å²) in [4.78, 5) is 32.2. The quantitative estimate of drug-likeness (QED) is 0.208. The molecule has 8 nitrogen and oxygen atoms in total. The number of unbranched alkanes of at least 4 members (excludes halogenated alkanes) is 1. The van der Waals surface area contributed by atoms with E-state index in [1.807, 2.05) is 30.3 Å². The Morgan fingerprint density at radius 1 is 1.08 bits per heavy atom. The first kappa shape index (κ1) is 24.4. The fourth-order valence-electron chi connectivity index (χ4n) is 4.50. The lowest BCUT2D eigenvalue weighted by molar-refractivity contribution is -0.140. The number of aliphatic hydroxyl groups excluding tert-OH is 1. The minimum atomic E-state index is -0.793. The molecule has 8 heteroatoms. The third-order valence-electron chi connectivity index (χ3n) is 6.39. The summed E-state index contributed by atoms with van der Waals surface area (Å²) in [5, 5.41) is 11.4. The lowest BCUT2D eigenvalue weighted by Gasteiger charge is -2.25. The van der Waals surface area contributed by atoms with Crippen LogP contribution in [0.5, 0.6) is 17.2 Å². The average Bonchev–Trinajstić information content (AvgIpc) is 3.18. The van der Waals surface area contributed by atoms with Gasteiger partial charge in [-0.15, -0.1) is 0 Å². The minimum absolute atomic E-state index is 0.0187. The smallest absolute Gasteiger partial charge is 0.295 e.